The van der Waals surface area contributed by atoms with Crippen molar-refractivity contribution in [3.05, 3.63) is 59.7 Å². The van der Waals surface area contributed by atoms with E-state index in [1.807, 2.05) is 50.5 Å². The number of carbonyl (C=O) groups excluding carboxylic acids is 1. The molecule has 0 saturated carbocycles. The van der Waals surface area contributed by atoms with Crippen LogP contribution in [0.2, 0.25) is 0 Å². The predicted octanol–water partition coefficient (Wildman–Crippen LogP) is 3.69. The third kappa shape index (κ3) is 7.46. The van der Waals surface area contributed by atoms with E-state index < -0.39 is 15.4 Å². The van der Waals surface area contributed by atoms with E-state index in [1.165, 1.54) is 16.1 Å². The summed E-state index contributed by atoms with van der Waals surface area (Å²) in [6.45, 7) is 8.51. The van der Waals surface area contributed by atoms with Crippen LogP contribution in [0.5, 0.6) is 5.75 Å². The van der Waals surface area contributed by atoms with Crippen molar-refractivity contribution in [1.82, 2.24) is 14.5 Å². The van der Waals surface area contributed by atoms with E-state index in [4.69, 9.17) is 4.74 Å². The normalized spacial score (nSPS) is 17.0. The first kappa shape index (κ1) is 27.5. The number of ether oxygens (including phenoxy) is 1. The van der Waals surface area contributed by atoms with Crippen LogP contribution in [-0.2, 0) is 26.8 Å². The molecule has 1 unspecified atom stereocenters. The van der Waals surface area contributed by atoms with Gasteiger partial charge in [0.25, 0.3) is 0 Å². The summed E-state index contributed by atoms with van der Waals surface area (Å²) >= 11 is 1.35. The van der Waals surface area contributed by atoms with E-state index in [-0.39, 0.29) is 16.2 Å². The molecule has 0 radical (unpaired) electrons. The number of benzene rings is 2. The molecular formula is C26H37N3O4S2. The third-order valence-corrected chi connectivity index (χ3v) is 9.02. The van der Waals surface area contributed by atoms with Crippen LogP contribution in [0.15, 0.2) is 53.4 Å². The first-order valence-corrected chi connectivity index (χ1v) is 14.4. The second kappa shape index (κ2) is 11.8. The van der Waals surface area contributed by atoms with Crippen molar-refractivity contribution >= 4 is 27.7 Å². The highest BCUT2D eigenvalue weighted by molar-refractivity contribution is 8.02. The molecule has 1 saturated heterocycles. The maximum absolute atomic E-state index is 13.3. The molecule has 192 valence electrons. The van der Waals surface area contributed by atoms with Crippen LogP contribution >= 0.6 is 11.8 Å². The Bertz CT molecular complexity index is 1080. The molecule has 3 rings (SSSR count). The highest BCUT2D eigenvalue weighted by Gasteiger charge is 2.40. The van der Waals surface area contributed by atoms with Crippen LogP contribution in [0.25, 0.3) is 0 Å². The van der Waals surface area contributed by atoms with Crippen molar-refractivity contribution in [1.29, 1.82) is 0 Å². The molecule has 1 aliphatic heterocycles. The lowest BCUT2D eigenvalue weighted by molar-refractivity contribution is -0.122. The quantitative estimate of drug-likeness (QED) is 0.483. The second-order valence-electron chi connectivity index (χ2n) is 9.98. The lowest BCUT2D eigenvalue weighted by Gasteiger charge is -2.23. The zero-order valence-corrected chi connectivity index (χ0v) is 22.9. The van der Waals surface area contributed by atoms with Gasteiger partial charge >= 0.3 is 0 Å². The van der Waals surface area contributed by atoms with Crippen LogP contribution < -0.4 is 10.1 Å². The Kier molecular flexibility index (Phi) is 9.26. The van der Waals surface area contributed by atoms with Gasteiger partial charge in [-0.2, -0.15) is 4.31 Å². The highest BCUT2D eigenvalue weighted by Crippen LogP contribution is 2.31. The van der Waals surface area contributed by atoms with Crippen LogP contribution in [0.4, 0.5) is 0 Å². The molecule has 7 nitrogen and oxygen atoms in total. The van der Waals surface area contributed by atoms with Crippen LogP contribution in [-0.4, -0.2) is 68.4 Å². The summed E-state index contributed by atoms with van der Waals surface area (Å²) in [5.74, 6) is 1.07. The summed E-state index contributed by atoms with van der Waals surface area (Å²) in [6.07, 6.45) is 0.948. The van der Waals surface area contributed by atoms with E-state index >= 15 is 0 Å². The standard InChI is InChI=1S/C26H37N3O4S2/c1-26(2,3)21-9-13-23(14-10-21)35(31,32)29-16-18-34-25(29)24(30)27-19-20-7-11-22(12-8-20)33-17-6-15-28(4)5/h7-14,25H,6,15-19H2,1-5H3,(H,27,30). The fraction of sp³-hybridized carbons (Fsp3) is 0.500. The highest BCUT2D eigenvalue weighted by atomic mass is 32.2. The van der Waals surface area contributed by atoms with Gasteiger partial charge in [-0.1, -0.05) is 45.0 Å². The summed E-state index contributed by atoms with van der Waals surface area (Å²) in [4.78, 5) is 15.3. The molecule has 2 aromatic rings. The van der Waals surface area contributed by atoms with E-state index in [0.717, 1.165) is 29.8 Å². The first-order valence-electron chi connectivity index (χ1n) is 11.9. The number of amides is 1. The van der Waals surface area contributed by atoms with Crippen molar-refractivity contribution in [3.8, 4) is 5.75 Å². The molecule has 1 fully saturated rings. The number of sulfonamides is 1. The molecular weight excluding hydrogens is 482 g/mol. The van der Waals surface area contributed by atoms with Crippen molar-refractivity contribution in [2.24, 2.45) is 0 Å². The van der Waals surface area contributed by atoms with Gasteiger partial charge < -0.3 is 15.0 Å². The summed E-state index contributed by atoms with van der Waals surface area (Å²) in [5.41, 5.74) is 1.92. The van der Waals surface area contributed by atoms with Gasteiger partial charge in [0, 0.05) is 25.4 Å². The Labute approximate surface area is 214 Å². The monoisotopic (exact) mass is 519 g/mol. The summed E-state index contributed by atoms with van der Waals surface area (Å²) in [6, 6.07) is 14.6. The van der Waals surface area contributed by atoms with Crippen molar-refractivity contribution in [2.45, 2.75) is 49.4 Å². The summed E-state index contributed by atoms with van der Waals surface area (Å²) < 4.78 is 33.6. The lowest BCUT2D eigenvalue weighted by Crippen LogP contribution is -2.44. The van der Waals surface area contributed by atoms with Gasteiger partial charge in [0.2, 0.25) is 15.9 Å². The number of hydrogen-bond donors (Lipinski definition) is 1. The Morgan fingerprint density at radius 3 is 2.37 bits per heavy atom. The molecule has 0 bridgehead atoms. The summed E-state index contributed by atoms with van der Waals surface area (Å²) in [7, 11) is 0.299. The smallest absolute Gasteiger partial charge is 0.249 e. The Morgan fingerprint density at radius 1 is 1.11 bits per heavy atom. The van der Waals surface area contributed by atoms with Gasteiger partial charge in [0.1, 0.15) is 11.1 Å². The Morgan fingerprint density at radius 2 is 1.77 bits per heavy atom. The molecule has 1 atom stereocenters. The molecule has 9 heteroatoms. The number of nitrogens with one attached hydrogen (secondary N) is 1. The minimum atomic E-state index is -3.77. The zero-order chi connectivity index (χ0) is 25.6. The van der Waals surface area contributed by atoms with Gasteiger partial charge in [0.05, 0.1) is 11.5 Å². The molecule has 0 spiro atoms. The second-order valence-corrected chi connectivity index (χ2v) is 13.1. The van der Waals surface area contributed by atoms with E-state index in [1.54, 1.807) is 12.1 Å². The molecule has 2 aromatic carbocycles. The lowest BCUT2D eigenvalue weighted by atomic mass is 9.87. The topological polar surface area (TPSA) is 79.0 Å². The van der Waals surface area contributed by atoms with Gasteiger partial charge in [-0.05, 0) is 61.3 Å². The predicted molar refractivity (Wildman–Crippen MR) is 142 cm³/mol. The number of thioether (sulfide) groups is 1. The zero-order valence-electron chi connectivity index (χ0n) is 21.3. The van der Waals surface area contributed by atoms with Gasteiger partial charge in [0.15, 0.2) is 0 Å². The third-order valence-electron chi connectivity index (χ3n) is 5.81. The van der Waals surface area contributed by atoms with Gasteiger partial charge in [-0.3, -0.25) is 4.79 Å². The average molecular weight is 520 g/mol. The molecule has 0 aromatic heterocycles. The largest absolute Gasteiger partial charge is 0.494 e. The molecule has 1 amide bonds. The maximum Gasteiger partial charge on any atom is 0.249 e. The fourth-order valence-electron chi connectivity index (χ4n) is 3.72. The van der Waals surface area contributed by atoms with Crippen LogP contribution in [0, 0.1) is 0 Å². The van der Waals surface area contributed by atoms with Crippen LogP contribution in [0.3, 0.4) is 0 Å². The van der Waals surface area contributed by atoms with Crippen molar-refractivity contribution in [3.63, 3.8) is 0 Å². The van der Waals surface area contributed by atoms with E-state index in [0.29, 0.717) is 25.4 Å². The van der Waals surface area contributed by atoms with E-state index in [9.17, 15) is 13.2 Å². The fourth-order valence-corrected chi connectivity index (χ4v) is 6.82. The number of rotatable bonds is 10. The SMILES string of the molecule is CN(C)CCCOc1ccc(CNC(=O)C2SCCN2S(=O)(=O)c2ccc(C(C)(C)C)cc2)cc1. The van der Waals surface area contributed by atoms with Gasteiger partial charge in [-0.15, -0.1) is 11.8 Å². The molecule has 0 aliphatic carbocycles. The van der Waals surface area contributed by atoms with E-state index in [2.05, 4.69) is 31.0 Å². The maximum atomic E-state index is 13.3. The average Bonchev–Trinajstić information content (AvgIpc) is 3.32. The minimum Gasteiger partial charge on any atom is -0.494 e. The first-order chi connectivity index (χ1) is 16.5. The molecule has 1 aliphatic rings. The minimum absolute atomic E-state index is 0.0649. The summed E-state index contributed by atoms with van der Waals surface area (Å²) in [5, 5.41) is 2.12. The molecule has 1 heterocycles. The number of carbonyl (C=O) groups is 1. The van der Waals surface area contributed by atoms with Crippen LogP contribution in [0.1, 0.15) is 38.3 Å². The number of nitrogens with zero attached hydrogens (tertiary/aromatic N) is 2. The Hall–Kier alpha value is -2.07. The molecule has 1 N–H and O–H groups in total. The van der Waals surface area contributed by atoms with Crippen molar-refractivity contribution < 1.29 is 17.9 Å². The molecule has 35 heavy (non-hydrogen) atoms. The number of hydrogen-bond acceptors (Lipinski definition) is 6. The van der Waals surface area contributed by atoms with Crippen molar-refractivity contribution in [2.75, 3.05) is 39.5 Å². The van der Waals surface area contributed by atoms with Gasteiger partial charge in [-0.25, -0.2) is 8.42 Å². The Balaban J connectivity index is 1.57.